The fraction of sp³-hybridized carbons (Fsp3) is 0.333. The topological polar surface area (TPSA) is 29.5 Å². The van der Waals surface area contributed by atoms with Crippen LogP contribution in [0.4, 0.5) is 0 Å². The molecule has 2 atom stereocenters. The van der Waals surface area contributed by atoms with E-state index >= 15 is 0 Å². The second-order valence-corrected chi connectivity index (χ2v) is 8.72. The molecule has 148 valence electrons. The molecule has 2 aliphatic rings. The van der Waals surface area contributed by atoms with Gasteiger partial charge in [0.1, 0.15) is 11.4 Å². The summed E-state index contributed by atoms with van der Waals surface area (Å²) in [6, 6.07) is 28.4. The molecule has 0 radical (unpaired) electrons. The maximum atomic E-state index is 10.3. The Morgan fingerprint density at radius 1 is 0.862 bits per heavy atom. The van der Waals surface area contributed by atoms with Gasteiger partial charge in [-0.2, -0.15) is 0 Å². The van der Waals surface area contributed by atoms with Gasteiger partial charge in [-0.05, 0) is 65.8 Å². The molecule has 29 heavy (non-hydrogen) atoms. The van der Waals surface area contributed by atoms with Crippen molar-refractivity contribution < 1.29 is 9.84 Å². The third-order valence-electron chi connectivity index (χ3n) is 7.12. The summed E-state index contributed by atoms with van der Waals surface area (Å²) in [5, 5.41) is 10.3. The molecular formula is C27H28O2. The lowest BCUT2D eigenvalue weighted by Crippen LogP contribution is -2.33. The van der Waals surface area contributed by atoms with E-state index in [0.29, 0.717) is 5.41 Å². The number of rotatable bonds is 7. The van der Waals surface area contributed by atoms with E-state index in [-0.39, 0.29) is 5.75 Å². The van der Waals surface area contributed by atoms with Gasteiger partial charge in [0.2, 0.25) is 0 Å². The van der Waals surface area contributed by atoms with E-state index in [9.17, 15) is 5.11 Å². The van der Waals surface area contributed by atoms with Gasteiger partial charge < -0.3 is 9.84 Å². The van der Waals surface area contributed by atoms with Crippen LogP contribution in [0.25, 0.3) is 0 Å². The monoisotopic (exact) mass is 384 g/mol. The Hall–Kier alpha value is -2.58. The molecule has 0 spiro atoms. The molecule has 2 aliphatic carbocycles. The number of ether oxygens (including phenoxy) is 1. The normalized spacial score (nSPS) is 23.0. The van der Waals surface area contributed by atoms with Gasteiger partial charge in [0.25, 0.3) is 0 Å². The molecule has 0 heterocycles. The predicted octanol–water partition coefficient (Wildman–Crippen LogP) is 6.28. The molecule has 2 nitrogen and oxygen atoms in total. The summed E-state index contributed by atoms with van der Waals surface area (Å²) in [7, 11) is 0. The van der Waals surface area contributed by atoms with Gasteiger partial charge in [0.05, 0.1) is 0 Å². The Bertz CT molecular complexity index is 927. The largest absolute Gasteiger partial charge is 0.508 e. The Morgan fingerprint density at radius 2 is 1.52 bits per heavy atom. The fourth-order valence-corrected chi connectivity index (χ4v) is 5.51. The van der Waals surface area contributed by atoms with E-state index < -0.39 is 5.60 Å². The van der Waals surface area contributed by atoms with Gasteiger partial charge in [-0.15, -0.1) is 0 Å². The molecule has 0 aromatic heterocycles. The number of aromatic hydroxyl groups is 1. The highest BCUT2D eigenvalue weighted by atomic mass is 16.5. The molecule has 3 aromatic carbocycles. The summed E-state index contributed by atoms with van der Waals surface area (Å²) in [6.45, 7) is 0.718. The highest BCUT2D eigenvalue weighted by Gasteiger charge is 2.56. The first-order chi connectivity index (χ1) is 14.2. The van der Waals surface area contributed by atoms with Crippen LogP contribution in [-0.2, 0) is 10.3 Å². The van der Waals surface area contributed by atoms with Crippen LogP contribution in [0.1, 0.15) is 48.8 Å². The molecule has 0 saturated heterocycles. The lowest BCUT2D eigenvalue weighted by Gasteiger charge is -2.36. The van der Waals surface area contributed by atoms with Crippen LogP contribution in [0.15, 0.2) is 84.9 Å². The van der Waals surface area contributed by atoms with Gasteiger partial charge >= 0.3 is 0 Å². The minimum Gasteiger partial charge on any atom is -0.508 e. The molecule has 0 bridgehead atoms. The highest BCUT2D eigenvalue weighted by Crippen LogP contribution is 2.65. The van der Waals surface area contributed by atoms with Crippen molar-refractivity contribution in [2.24, 2.45) is 11.3 Å². The summed E-state index contributed by atoms with van der Waals surface area (Å²) in [5.41, 5.74) is 2.95. The maximum Gasteiger partial charge on any atom is 0.143 e. The fourth-order valence-electron chi connectivity index (χ4n) is 5.51. The summed E-state index contributed by atoms with van der Waals surface area (Å²) in [5.74, 6) is 1.19. The predicted molar refractivity (Wildman–Crippen MR) is 116 cm³/mol. The number of benzene rings is 3. The average molecular weight is 385 g/mol. The van der Waals surface area contributed by atoms with Crippen LogP contribution in [0.2, 0.25) is 0 Å². The van der Waals surface area contributed by atoms with Crippen LogP contribution < -0.4 is 0 Å². The molecular weight excluding hydrogens is 356 g/mol. The Morgan fingerprint density at radius 3 is 2.07 bits per heavy atom. The zero-order valence-electron chi connectivity index (χ0n) is 16.8. The van der Waals surface area contributed by atoms with E-state index in [0.717, 1.165) is 35.6 Å². The van der Waals surface area contributed by atoms with E-state index in [2.05, 4.69) is 54.6 Å². The minimum absolute atomic E-state index is 0.263. The molecule has 5 rings (SSSR count). The van der Waals surface area contributed by atoms with Crippen LogP contribution in [0, 0.1) is 11.3 Å². The van der Waals surface area contributed by atoms with E-state index in [1.54, 1.807) is 6.07 Å². The van der Waals surface area contributed by atoms with Gasteiger partial charge in [-0.3, -0.25) is 0 Å². The first-order valence-corrected chi connectivity index (χ1v) is 10.8. The number of fused-ring (bicyclic) bond motifs is 1. The highest BCUT2D eigenvalue weighted by molar-refractivity contribution is 5.49. The molecule has 2 saturated carbocycles. The Kier molecular flexibility index (Phi) is 4.67. The van der Waals surface area contributed by atoms with Crippen molar-refractivity contribution in [3.05, 3.63) is 102 Å². The van der Waals surface area contributed by atoms with Gasteiger partial charge in [-0.25, -0.2) is 0 Å². The standard InChI is InChI=1S/C27H28O2/c28-25-15-7-13-23(19-25)27(21-9-3-1-4-10-21,22-11-5-2-6-12-22)29-18-17-26-16-8-14-24(26)20-26/h1-7,9-13,15,19,24,28H,8,14,16-18,20H2/t24-,26-/m1/s1. The zero-order chi connectivity index (χ0) is 19.7. The third-order valence-corrected chi connectivity index (χ3v) is 7.12. The third kappa shape index (κ3) is 3.26. The van der Waals surface area contributed by atoms with Gasteiger partial charge in [-0.1, -0.05) is 79.2 Å². The second kappa shape index (κ2) is 7.35. The quantitative estimate of drug-likeness (QED) is 0.486. The number of hydrogen-bond acceptors (Lipinski definition) is 2. The molecule has 0 unspecified atom stereocenters. The second-order valence-electron chi connectivity index (χ2n) is 8.72. The van der Waals surface area contributed by atoms with Crippen molar-refractivity contribution in [2.75, 3.05) is 6.61 Å². The summed E-state index contributed by atoms with van der Waals surface area (Å²) in [4.78, 5) is 0. The lowest BCUT2D eigenvalue weighted by atomic mass is 9.80. The molecule has 0 aliphatic heterocycles. The number of phenols is 1. The lowest BCUT2D eigenvalue weighted by molar-refractivity contribution is 0.00322. The smallest absolute Gasteiger partial charge is 0.143 e. The molecule has 2 fully saturated rings. The van der Waals surface area contributed by atoms with E-state index in [1.165, 1.54) is 25.7 Å². The van der Waals surface area contributed by atoms with Crippen LogP contribution in [0.3, 0.4) is 0 Å². The minimum atomic E-state index is -0.735. The Labute approximate surface area is 173 Å². The van der Waals surface area contributed by atoms with Gasteiger partial charge in [0, 0.05) is 6.61 Å². The van der Waals surface area contributed by atoms with Crippen molar-refractivity contribution in [3.63, 3.8) is 0 Å². The van der Waals surface area contributed by atoms with Crippen LogP contribution in [-0.4, -0.2) is 11.7 Å². The SMILES string of the molecule is Oc1cccc(C(OCC[C@@]23CCC[C@@H]2C3)(c2ccccc2)c2ccccc2)c1. The van der Waals surface area contributed by atoms with E-state index in [4.69, 9.17) is 4.74 Å². The van der Waals surface area contributed by atoms with Crippen molar-refractivity contribution in [1.29, 1.82) is 0 Å². The molecule has 0 amide bonds. The van der Waals surface area contributed by atoms with Crippen molar-refractivity contribution in [2.45, 2.75) is 37.7 Å². The van der Waals surface area contributed by atoms with Crippen molar-refractivity contribution in [1.82, 2.24) is 0 Å². The number of phenolic OH excluding ortho intramolecular Hbond substituents is 1. The summed E-state index contributed by atoms with van der Waals surface area (Å²) in [6.07, 6.45) is 6.63. The summed E-state index contributed by atoms with van der Waals surface area (Å²) >= 11 is 0. The van der Waals surface area contributed by atoms with Crippen molar-refractivity contribution in [3.8, 4) is 5.75 Å². The summed E-state index contributed by atoms with van der Waals surface area (Å²) < 4.78 is 6.89. The van der Waals surface area contributed by atoms with Crippen LogP contribution >= 0.6 is 0 Å². The maximum absolute atomic E-state index is 10.3. The first kappa shape index (κ1) is 18.4. The molecule has 1 N–H and O–H groups in total. The average Bonchev–Trinajstić information content (AvgIpc) is 3.31. The van der Waals surface area contributed by atoms with Crippen molar-refractivity contribution >= 4 is 0 Å². The molecule has 2 heteroatoms. The van der Waals surface area contributed by atoms with Crippen LogP contribution in [0.5, 0.6) is 5.75 Å². The van der Waals surface area contributed by atoms with Gasteiger partial charge in [0.15, 0.2) is 0 Å². The zero-order valence-corrected chi connectivity index (χ0v) is 16.8. The first-order valence-electron chi connectivity index (χ1n) is 10.8. The number of hydrogen-bond donors (Lipinski definition) is 1. The molecule has 3 aromatic rings. The van der Waals surface area contributed by atoms with E-state index in [1.807, 2.05) is 24.3 Å². The Balaban J connectivity index is 1.58.